The lowest BCUT2D eigenvalue weighted by atomic mass is 10.1. The summed E-state index contributed by atoms with van der Waals surface area (Å²) in [6, 6.07) is 3.44. The molecule has 2 rings (SSSR count). The molecule has 2 amide bonds. The van der Waals surface area contributed by atoms with Crippen LogP contribution in [0.2, 0.25) is 0 Å². The number of hydrogen-bond donors (Lipinski definition) is 0. The van der Waals surface area contributed by atoms with Crippen LogP contribution in [0.1, 0.15) is 18.4 Å². The second-order valence-electron chi connectivity index (χ2n) is 5.41. The first-order valence-corrected chi connectivity index (χ1v) is 8.13. The number of carbonyl (C=O) groups is 2. The Bertz CT molecular complexity index is 748. The predicted molar refractivity (Wildman–Crippen MR) is 98.0 cm³/mol. The number of terminal acetylenes is 1. The number of nitrogens with zero attached hydrogens (tertiary/aromatic N) is 1. The molecule has 0 saturated carbocycles. The van der Waals surface area contributed by atoms with Crippen LogP contribution in [0.3, 0.4) is 0 Å². The molecule has 0 N–H and O–H groups in total. The predicted octanol–water partition coefficient (Wildman–Crippen LogP) is 2.43. The van der Waals surface area contributed by atoms with Gasteiger partial charge in [0.15, 0.2) is 11.5 Å². The molecule has 6 nitrogen and oxygen atoms in total. The van der Waals surface area contributed by atoms with E-state index in [2.05, 4.69) is 5.92 Å². The number of amides is 2. The normalized spacial score (nSPS) is 13.6. The fourth-order valence-electron chi connectivity index (χ4n) is 2.41. The highest BCUT2D eigenvalue weighted by atomic mass is 16.5. The van der Waals surface area contributed by atoms with E-state index in [-0.39, 0.29) is 11.8 Å². The first-order valence-electron chi connectivity index (χ1n) is 8.13. The second-order valence-corrected chi connectivity index (χ2v) is 5.41. The van der Waals surface area contributed by atoms with E-state index in [9.17, 15) is 9.59 Å². The molecule has 0 spiro atoms. The number of hydrogen-bond acceptors (Lipinski definition) is 5. The minimum Gasteiger partial charge on any atom is -0.493 e. The van der Waals surface area contributed by atoms with E-state index >= 15 is 0 Å². The lowest BCUT2D eigenvalue weighted by Gasteiger charge is -2.19. The van der Waals surface area contributed by atoms with E-state index in [4.69, 9.17) is 20.6 Å². The third kappa shape index (κ3) is 4.67. The molecule has 0 atom stereocenters. The Labute approximate surface area is 153 Å². The zero-order valence-electron chi connectivity index (χ0n) is 14.9. The van der Waals surface area contributed by atoms with Crippen LogP contribution < -0.4 is 14.2 Å². The van der Waals surface area contributed by atoms with Gasteiger partial charge in [0.2, 0.25) is 5.75 Å². The van der Waals surface area contributed by atoms with Crippen LogP contribution in [0.25, 0.3) is 6.08 Å². The molecule has 1 aliphatic heterocycles. The average molecular weight is 355 g/mol. The van der Waals surface area contributed by atoms with Gasteiger partial charge in [-0.2, -0.15) is 0 Å². The summed E-state index contributed by atoms with van der Waals surface area (Å²) in [6.07, 6.45) is 12.5. The van der Waals surface area contributed by atoms with Gasteiger partial charge in [-0.15, -0.1) is 12.3 Å². The molecular weight excluding hydrogens is 334 g/mol. The first-order chi connectivity index (χ1) is 12.6. The lowest BCUT2D eigenvalue weighted by Crippen LogP contribution is -2.37. The van der Waals surface area contributed by atoms with Crippen molar-refractivity contribution in [2.75, 3.05) is 27.4 Å². The lowest BCUT2D eigenvalue weighted by molar-refractivity contribution is -0.139. The molecular formula is C20H21NO5. The maximum atomic E-state index is 12.2. The third-order valence-corrected chi connectivity index (χ3v) is 3.71. The molecule has 1 heterocycles. The number of rotatable bonds is 7. The molecule has 1 aliphatic rings. The van der Waals surface area contributed by atoms with Crippen molar-refractivity contribution >= 4 is 17.9 Å². The fourth-order valence-corrected chi connectivity index (χ4v) is 2.41. The summed E-state index contributed by atoms with van der Waals surface area (Å²) >= 11 is 0. The Kier molecular flexibility index (Phi) is 6.86. The smallest absolute Gasteiger partial charge is 0.253 e. The van der Waals surface area contributed by atoms with Gasteiger partial charge in [-0.05, 0) is 36.3 Å². The van der Waals surface area contributed by atoms with E-state index in [1.165, 1.54) is 31.3 Å². The summed E-state index contributed by atoms with van der Waals surface area (Å²) in [7, 11) is 3.03. The molecule has 1 aromatic rings. The quantitative estimate of drug-likeness (QED) is 0.427. The van der Waals surface area contributed by atoms with Crippen LogP contribution in [0.15, 0.2) is 30.4 Å². The standard InChI is InChI=1S/C20H21NO5/c1-4-5-12-26-20-16(24-2)13-15(14-17(20)25-3)9-10-19(23)21-11-7-6-8-18(21)22/h1,6,8-10,13-14H,5,7,11-12H2,2-3H3/b10-9+. The molecule has 0 saturated heterocycles. The molecule has 26 heavy (non-hydrogen) atoms. The number of benzene rings is 1. The van der Waals surface area contributed by atoms with Crippen LogP contribution >= 0.6 is 0 Å². The average Bonchev–Trinajstić information content (AvgIpc) is 2.66. The Morgan fingerprint density at radius 2 is 2.00 bits per heavy atom. The zero-order chi connectivity index (χ0) is 18.9. The van der Waals surface area contributed by atoms with Crippen molar-refractivity contribution in [3.63, 3.8) is 0 Å². The largest absolute Gasteiger partial charge is 0.493 e. The minimum absolute atomic E-state index is 0.307. The molecule has 0 radical (unpaired) electrons. The van der Waals surface area contributed by atoms with Gasteiger partial charge in [-0.25, -0.2) is 0 Å². The maximum absolute atomic E-state index is 12.2. The van der Waals surface area contributed by atoms with Gasteiger partial charge in [0.1, 0.15) is 0 Å². The Hall–Kier alpha value is -3.20. The summed E-state index contributed by atoms with van der Waals surface area (Å²) in [5.41, 5.74) is 0.677. The summed E-state index contributed by atoms with van der Waals surface area (Å²) in [5, 5.41) is 0. The zero-order valence-corrected chi connectivity index (χ0v) is 14.9. The summed E-state index contributed by atoms with van der Waals surface area (Å²) in [6.45, 7) is 0.717. The van der Waals surface area contributed by atoms with E-state index in [1.807, 2.05) is 0 Å². The second kappa shape index (κ2) is 9.33. The Morgan fingerprint density at radius 1 is 1.31 bits per heavy atom. The topological polar surface area (TPSA) is 65.1 Å². The molecule has 6 heteroatoms. The van der Waals surface area contributed by atoms with Crippen molar-refractivity contribution in [2.45, 2.75) is 12.8 Å². The SMILES string of the molecule is C#CCCOc1c(OC)cc(/C=C/C(=O)N2CCC=CC2=O)cc1OC. The van der Waals surface area contributed by atoms with E-state index in [0.717, 1.165) is 0 Å². The van der Waals surface area contributed by atoms with Gasteiger partial charge < -0.3 is 14.2 Å². The number of ether oxygens (including phenoxy) is 3. The van der Waals surface area contributed by atoms with Crippen LogP contribution in [0.4, 0.5) is 0 Å². The minimum atomic E-state index is -0.369. The maximum Gasteiger partial charge on any atom is 0.253 e. The highest BCUT2D eigenvalue weighted by Crippen LogP contribution is 2.39. The van der Waals surface area contributed by atoms with Crippen LogP contribution in [0, 0.1) is 12.3 Å². The van der Waals surface area contributed by atoms with Crippen LogP contribution in [-0.2, 0) is 9.59 Å². The van der Waals surface area contributed by atoms with Crippen LogP contribution in [-0.4, -0.2) is 44.1 Å². The van der Waals surface area contributed by atoms with Crippen molar-refractivity contribution in [3.8, 4) is 29.6 Å². The van der Waals surface area contributed by atoms with Crippen molar-refractivity contribution in [1.29, 1.82) is 0 Å². The Balaban J connectivity index is 2.21. The van der Waals surface area contributed by atoms with Crippen molar-refractivity contribution < 1.29 is 23.8 Å². The van der Waals surface area contributed by atoms with E-state index < -0.39 is 0 Å². The monoisotopic (exact) mass is 355 g/mol. The van der Waals surface area contributed by atoms with Gasteiger partial charge in [0.05, 0.1) is 20.8 Å². The van der Waals surface area contributed by atoms with E-state index in [0.29, 0.717) is 48.8 Å². The van der Waals surface area contributed by atoms with Crippen LogP contribution in [0.5, 0.6) is 17.2 Å². The van der Waals surface area contributed by atoms with Gasteiger partial charge in [0, 0.05) is 19.0 Å². The van der Waals surface area contributed by atoms with E-state index in [1.54, 1.807) is 24.3 Å². The van der Waals surface area contributed by atoms with Crippen molar-refractivity contribution in [2.24, 2.45) is 0 Å². The number of imide groups is 1. The fraction of sp³-hybridized carbons (Fsp3) is 0.300. The molecule has 136 valence electrons. The number of carbonyl (C=O) groups excluding carboxylic acids is 2. The summed E-state index contributed by atoms with van der Waals surface area (Å²) in [4.78, 5) is 25.1. The van der Waals surface area contributed by atoms with Crippen molar-refractivity contribution in [3.05, 3.63) is 35.9 Å². The molecule has 0 aliphatic carbocycles. The Morgan fingerprint density at radius 3 is 2.58 bits per heavy atom. The summed E-state index contributed by atoms with van der Waals surface area (Å²) < 4.78 is 16.3. The molecule has 0 bridgehead atoms. The highest BCUT2D eigenvalue weighted by molar-refractivity contribution is 6.06. The van der Waals surface area contributed by atoms with Gasteiger partial charge in [-0.3, -0.25) is 14.5 Å². The van der Waals surface area contributed by atoms with Gasteiger partial charge in [-0.1, -0.05) is 6.08 Å². The molecule has 1 aromatic carbocycles. The molecule has 0 fully saturated rings. The van der Waals surface area contributed by atoms with Gasteiger partial charge in [0.25, 0.3) is 11.8 Å². The van der Waals surface area contributed by atoms with Gasteiger partial charge >= 0.3 is 0 Å². The summed E-state index contributed by atoms with van der Waals surface area (Å²) in [5.74, 6) is 3.20. The first kappa shape index (κ1) is 19.1. The molecule has 0 aromatic heterocycles. The number of methoxy groups -OCH3 is 2. The highest BCUT2D eigenvalue weighted by Gasteiger charge is 2.19. The molecule has 0 unspecified atom stereocenters. The third-order valence-electron chi connectivity index (χ3n) is 3.71. The van der Waals surface area contributed by atoms with Crippen molar-refractivity contribution in [1.82, 2.24) is 4.90 Å².